The lowest BCUT2D eigenvalue weighted by Gasteiger charge is -2.26. The molecule has 0 aliphatic carbocycles. The van der Waals surface area contributed by atoms with Gasteiger partial charge in [-0.15, -0.1) is 0 Å². The molecule has 0 spiro atoms. The molecule has 0 fully saturated rings. The maximum atomic E-state index is 11.6. The van der Waals surface area contributed by atoms with Crippen molar-refractivity contribution in [2.45, 2.75) is 73.1 Å². The van der Waals surface area contributed by atoms with Gasteiger partial charge in [0.15, 0.2) is 0 Å². The first kappa shape index (κ1) is 22.0. The number of hydrogen-bond donors (Lipinski definition) is 0. The highest BCUT2D eigenvalue weighted by Crippen LogP contribution is 2.41. The van der Waals surface area contributed by atoms with Crippen molar-refractivity contribution in [1.82, 2.24) is 0 Å². The van der Waals surface area contributed by atoms with Crippen molar-refractivity contribution in [2.75, 3.05) is 7.11 Å². The third-order valence-electron chi connectivity index (χ3n) is 4.95. The average Bonchev–Trinajstić information content (AvgIpc) is 2.53. The third-order valence-corrected chi connectivity index (χ3v) is 4.95. The fourth-order valence-corrected chi connectivity index (χ4v) is 3.55. The third kappa shape index (κ3) is 4.57. The van der Waals surface area contributed by atoms with Crippen molar-refractivity contribution in [3.8, 4) is 22.6 Å². The summed E-state index contributed by atoms with van der Waals surface area (Å²) in [5, 5.41) is 0. The molecule has 0 radical (unpaired) electrons. The molecule has 2 aromatic rings. The number of hydrogen-bond acceptors (Lipinski definition) is 3. The van der Waals surface area contributed by atoms with E-state index in [0.717, 1.165) is 33.6 Å². The van der Waals surface area contributed by atoms with Gasteiger partial charge in [0.25, 0.3) is 0 Å². The standard InChI is InChI=1S/C25H34O3/c1-15-11-18(13-20(22(15)27-10)24(4,5)6)19-12-16(2)23(28-17(3)26)21(14-19)25(7,8)9/h11-14H,1-10H3. The van der Waals surface area contributed by atoms with Gasteiger partial charge in [0.2, 0.25) is 0 Å². The lowest BCUT2D eigenvalue weighted by Crippen LogP contribution is -2.16. The van der Waals surface area contributed by atoms with Crippen molar-refractivity contribution in [3.63, 3.8) is 0 Å². The largest absolute Gasteiger partial charge is 0.496 e. The van der Waals surface area contributed by atoms with Gasteiger partial charge in [0.05, 0.1) is 7.11 Å². The fourth-order valence-electron chi connectivity index (χ4n) is 3.55. The smallest absolute Gasteiger partial charge is 0.308 e. The number of benzene rings is 2. The summed E-state index contributed by atoms with van der Waals surface area (Å²) >= 11 is 0. The number of rotatable bonds is 3. The zero-order valence-electron chi connectivity index (χ0n) is 19.0. The van der Waals surface area contributed by atoms with Crippen LogP contribution in [0, 0.1) is 13.8 Å². The van der Waals surface area contributed by atoms with Gasteiger partial charge in [-0.05, 0) is 71.2 Å². The van der Waals surface area contributed by atoms with Crippen LogP contribution in [-0.4, -0.2) is 13.1 Å². The molecule has 0 saturated heterocycles. The molecule has 0 N–H and O–H groups in total. The highest BCUT2D eigenvalue weighted by atomic mass is 16.5. The Bertz CT molecular complexity index is 893. The number of esters is 1. The highest BCUT2D eigenvalue weighted by Gasteiger charge is 2.25. The highest BCUT2D eigenvalue weighted by molar-refractivity contribution is 5.75. The Hall–Kier alpha value is -2.29. The Morgan fingerprint density at radius 2 is 1.14 bits per heavy atom. The molecule has 0 aliphatic rings. The molecule has 2 aromatic carbocycles. The van der Waals surface area contributed by atoms with E-state index in [-0.39, 0.29) is 16.8 Å². The van der Waals surface area contributed by atoms with Crippen LogP contribution in [0.3, 0.4) is 0 Å². The van der Waals surface area contributed by atoms with Crippen LogP contribution in [0.1, 0.15) is 70.7 Å². The van der Waals surface area contributed by atoms with Crippen molar-refractivity contribution in [2.24, 2.45) is 0 Å². The van der Waals surface area contributed by atoms with Crippen molar-refractivity contribution < 1.29 is 14.3 Å². The summed E-state index contributed by atoms with van der Waals surface area (Å²) in [6, 6.07) is 8.64. The molecule has 0 bridgehead atoms. The summed E-state index contributed by atoms with van der Waals surface area (Å²) in [5.74, 6) is 1.32. The molecule has 0 unspecified atom stereocenters. The van der Waals surface area contributed by atoms with E-state index in [0.29, 0.717) is 5.75 Å². The molecular weight excluding hydrogens is 348 g/mol. The second-order valence-corrected chi connectivity index (χ2v) is 9.64. The Balaban J connectivity index is 2.77. The van der Waals surface area contributed by atoms with Crippen LogP contribution in [0.2, 0.25) is 0 Å². The molecule has 3 nitrogen and oxygen atoms in total. The zero-order chi connectivity index (χ0) is 21.4. The molecule has 0 heterocycles. The van der Waals surface area contributed by atoms with Gasteiger partial charge in [-0.2, -0.15) is 0 Å². The predicted octanol–water partition coefficient (Wildman–Crippen LogP) is 6.50. The molecule has 0 amide bonds. The van der Waals surface area contributed by atoms with Crippen LogP contribution in [0.5, 0.6) is 11.5 Å². The average molecular weight is 383 g/mol. The van der Waals surface area contributed by atoms with Gasteiger partial charge in [0.1, 0.15) is 11.5 Å². The molecule has 0 aliphatic heterocycles. The van der Waals surface area contributed by atoms with Crippen LogP contribution >= 0.6 is 0 Å². The second kappa shape index (κ2) is 7.62. The normalized spacial score (nSPS) is 12.1. The number of carbonyl (C=O) groups excluding carboxylic acids is 1. The first-order valence-corrected chi connectivity index (χ1v) is 9.78. The second-order valence-electron chi connectivity index (χ2n) is 9.64. The molecule has 2 rings (SSSR count). The Morgan fingerprint density at radius 3 is 1.50 bits per heavy atom. The number of aryl methyl sites for hydroxylation is 2. The van der Waals surface area contributed by atoms with Gasteiger partial charge >= 0.3 is 5.97 Å². The first-order chi connectivity index (χ1) is 12.8. The van der Waals surface area contributed by atoms with E-state index in [4.69, 9.17) is 9.47 Å². The van der Waals surface area contributed by atoms with Gasteiger partial charge in [-0.1, -0.05) is 41.5 Å². The molecule has 0 aromatic heterocycles. The van der Waals surface area contributed by atoms with Crippen molar-refractivity contribution >= 4 is 5.97 Å². The fraction of sp³-hybridized carbons (Fsp3) is 0.480. The zero-order valence-corrected chi connectivity index (χ0v) is 19.0. The van der Waals surface area contributed by atoms with Crippen LogP contribution in [0.15, 0.2) is 24.3 Å². The molecule has 28 heavy (non-hydrogen) atoms. The quantitative estimate of drug-likeness (QED) is 0.449. The van der Waals surface area contributed by atoms with E-state index in [1.807, 2.05) is 6.92 Å². The summed E-state index contributed by atoms with van der Waals surface area (Å²) in [6.07, 6.45) is 0. The maximum absolute atomic E-state index is 11.6. The summed E-state index contributed by atoms with van der Waals surface area (Å²) < 4.78 is 11.3. The van der Waals surface area contributed by atoms with E-state index in [9.17, 15) is 4.79 Å². The minimum absolute atomic E-state index is 0.0360. The van der Waals surface area contributed by atoms with Gasteiger partial charge in [0, 0.05) is 18.1 Å². The Labute approximate surface area is 170 Å². The Kier molecular flexibility index (Phi) is 5.98. The lowest BCUT2D eigenvalue weighted by molar-refractivity contribution is -0.132. The summed E-state index contributed by atoms with van der Waals surface area (Å²) in [5.41, 5.74) is 6.37. The van der Waals surface area contributed by atoms with Crippen LogP contribution in [0.4, 0.5) is 0 Å². The predicted molar refractivity (Wildman–Crippen MR) is 117 cm³/mol. The van der Waals surface area contributed by atoms with E-state index in [2.05, 4.69) is 72.7 Å². The van der Waals surface area contributed by atoms with Crippen LogP contribution < -0.4 is 9.47 Å². The summed E-state index contributed by atoms with van der Waals surface area (Å²) in [6.45, 7) is 18.5. The maximum Gasteiger partial charge on any atom is 0.308 e. The molecule has 0 saturated carbocycles. The summed E-state index contributed by atoms with van der Waals surface area (Å²) in [4.78, 5) is 11.6. The molecule has 3 heteroatoms. The van der Waals surface area contributed by atoms with E-state index >= 15 is 0 Å². The van der Waals surface area contributed by atoms with Crippen molar-refractivity contribution in [3.05, 3.63) is 46.5 Å². The molecular formula is C25H34O3. The Morgan fingerprint density at radius 1 is 0.750 bits per heavy atom. The van der Waals surface area contributed by atoms with E-state index < -0.39 is 0 Å². The van der Waals surface area contributed by atoms with Gasteiger partial charge in [-0.3, -0.25) is 4.79 Å². The molecule has 0 atom stereocenters. The van der Waals surface area contributed by atoms with Crippen LogP contribution in [0.25, 0.3) is 11.1 Å². The number of carbonyl (C=O) groups is 1. The topological polar surface area (TPSA) is 35.5 Å². The number of methoxy groups -OCH3 is 1. The minimum atomic E-state index is -0.295. The van der Waals surface area contributed by atoms with Gasteiger partial charge in [-0.25, -0.2) is 0 Å². The summed E-state index contributed by atoms with van der Waals surface area (Å²) in [7, 11) is 1.73. The first-order valence-electron chi connectivity index (χ1n) is 9.78. The van der Waals surface area contributed by atoms with E-state index in [1.165, 1.54) is 12.5 Å². The SMILES string of the molecule is COc1c(C)cc(-c2cc(C)c(OC(C)=O)c(C(C)(C)C)c2)cc1C(C)(C)C. The number of ether oxygens (including phenoxy) is 2. The molecule has 152 valence electrons. The lowest BCUT2D eigenvalue weighted by atomic mass is 9.81. The van der Waals surface area contributed by atoms with Crippen molar-refractivity contribution in [1.29, 1.82) is 0 Å². The monoisotopic (exact) mass is 382 g/mol. The van der Waals surface area contributed by atoms with E-state index in [1.54, 1.807) is 7.11 Å². The van der Waals surface area contributed by atoms with Gasteiger partial charge < -0.3 is 9.47 Å². The minimum Gasteiger partial charge on any atom is -0.496 e. The van der Waals surface area contributed by atoms with Crippen LogP contribution in [-0.2, 0) is 15.6 Å².